The summed E-state index contributed by atoms with van der Waals surface area (Å²) in [6.07, 6.45) is 18.4. The van der Waals surface area contributed by atoms with E-state index < -0.39 is 11.6 Å². The maximum Gasteiger partial charge on any atom is 0.200 e. The number of ether oxygens (including phenoxy) is 1. The van der Waals surface area contributed by atoms with Gasteiger partial charge in [0.1, 0.15) is 0 Å². The van der Waals surface area contributed by atoms with E-state index in [4.69, 9.17) is 4.74 Å². The Morgan fingerprint density at radius 1 is 0.900 bits per heavy atom. The molecule has 0 aromatic heterocycles. The van der Waals surface area contributed by atoms with Crippen LogP contribution in [0.1, 0.15) is 102 Å². The molecule has 2 saturated carbocycles. The molecule has 0 aliphatic heterocycles. The van der Waals surface area contributed by atoms with Crippen LogP contribution < -0.4 is 4.74 Å². The van der Waals surface area contributed by atoms with E-state index in [1.165, 1.54) is 32.1 Å². The summed E-state index contributed by atoms with van der Waals surface area (Å²) < 4.78 is 34.7. The molecule has 3 rings (SSSR count). The maximum atomic E-state index is 14.8. The van der Waals surface area contributed by atoms with Gasteiger partial charge in [-0.3, -0.25) is 0 Å². The second kappa shape index (κ2) is 11.9. The first-order chi connectivity index (χ1) is 14.6. The highest BCUT2D eigenvalue weighted by molar-refractivity contribution is 5.33. The molecule has 0 heterocycles. The molecule has 3 heteroatoms. The third-order valence-corrected chi connectivity index (χ3v) is 7.56. The SMILES string of the molecule is C/C=C\CC1CCC(C2CCC(c3ccc(OCCCCC)c(F)c3F)CC2)CC1. The van der Waals surface area contributed by atoms with Crippen molar-refractivity contribution < 1.29 is 13.5 Å². The Morgan fingerprint density at radius 3 is 2.20 bits per heavy atom. The zero-order chi connectivity index (χ0) is 21.3. The number of hydrogen-bond donors (Lipinski definition) is 0. The summed E-state index contributed by atoms with van der Waals surface area (Å²) in [6, 6.07) is 3.41. The van der Waals surface area contributed by atoms with Crippen LogP contribution in [0.3, 0.4) is 0 Å². The van der Waals surface area contributed by atoms with Gasteiger partial charge in [0, 0.05) is 0 Å². The summed E-state index contributed by atoms with van der Waals surface area (Å²) in [7, 11) is 0. The van der Waals surface area contributed by atoms with Crippen LogP contribution in [-0.2, 0) is 0 Å². The highest BCUT2D eigenvalue weighted by Gasteiger charge is 2.32. The second-order valence-corrected chi connectivity index (χ2v) is 9.53. The fraction of sp³-hybridized carbons (Fsp3) is 0.704. The Kier molecular flexibility index (Phi) is 9.21. The number of hydrogen-bond acceptors (Lipinski definition) is 1. The van der Waals surface area contributed by atoms with Crippen molar-refractivity contribution in [3.8, 4) is 5.75 Å². The van der Waals surface area contributed by atoms with Gasteiger partial charge < -0.3 is 4.74 Å². The third kappa shape index (κ3) is 6.08. The van der Waals surface area contributed by atoms with Crippen molar-refractivity contribution in [1.29, 1.82) is 0 Å². The van der Waals surface area contributed by atoms with Crippen molar-refractivity contribution >= 4 is 0 Å². The van der Waals surface area contributed by atoms with Crippen LogP contribution in [0.2, 0.25) is 0 Å². The summed E-state index contributed by atoms with van der Waals surface area (Å²) in [5.74, 6) is 1.22. The molecule has 0 spiro atoms. The summed E-state index contributed by atoms with van der Waals surface area (Å²) >= 11 is 0. The summed E-state index contributed by atoms with van der Waals surface area (Å²) in [5, 5.41) is 0. The van der Waals surface area contributed by atoms with E-state index in [2.05, 4.69) is 26.0 Å². The van der Waals surface area contributed by atoms with Crippen molar-refractivity contribution in [2.75, 3.05) is 6.61 Å². The molecule has 0 amide bonds. The van der Waals surface area contributed by atoms with E-state index in [1.807, 2.05) is 0 Å². The first kappa shape index (κ1) is 23.3. The lowest BCUT2D eigenvalue weighted by atomic mass is 9.68. The fourth-order valence-corrected chi connectivity index (χ4v) is 5.63. The van der Waals surface area contributed by atoms with Gasteiger partial charge in [-0.05, 0) is 106 Å². The lowest BCUT2D eigenvalue weighted by Gasteiger charge is -2.38. The second-order valence-electron chi connectivity index (χ2n) is 9.53. The van der Waals surface area contributed by atoms with E-state index in [0.29, 0.717) is 12.2 Å². The Hall–Kier alpha value is -1.38. The van der Waals surface area contributed by atoms with Crippen LogP contribution in [0.5, 0.6) is 5.75 Å². The Balaban J connectivity index is 1.49. The summed E-state index contributed by atoms with van der Waals surface area (Å²) in [5.41, 5.74) is 0.557. The topological polar surface area (TPSA) is 9.23 Å². The van der Waals surface area contributed by atoms with Gasteiger partial charge >= 0.3 is 0 Å². The third-order valence-electron chi connectivity index (χ3n) is 7.56. The largest absolute Gasteiger partial charge is 0.490 e. The minimum atomic E-state index is -0.800. The lowest BCUT2D eigenvalue weighted by Crippen LogP contribution is -2.25. The highest BCUT2D eigenvalue weighted by Crippen LogP contribution is 2.45. The Morgan fingerprint density at radius 2 is 1.57 bits per heavy atom. The minimum absolute atomic E-state index is 0.0655. The van der Waals surface area contributed by atoms with E-state index in [9.17, 15) is 8.78 Å². The monoisotopic (exact) mass is 418 g/mol. The van der Waals surface area contributed by atoms with E-state index in [1.54, 1.807) is 12.1 Å². The van der Waals surface area contributed by atoms with Gasteiger partial charge in [0.2, 0.25) is 5.82 Å². The lowest BCUT2D eigenvalue weighted by molar-refractivity contribution is 0.160. The summed E-state index contributed by atoms with van der Waals surface area (Å²) in [6.45, 7) is 4.67. The molecule has 2 aliphatic carbocycles. The Bertz CT molecular complexity index is 668. The van der Waals surface area contributed by atoms with Gasteiger partial charge in [-0.15, -0.1) is 0 Å². The molecule has 2 fully saturated rings. The molecule has 0 bridgehead atoms. The van der Waals surface area contributed by atoms with Crippen molar-refractivity contribution in [3.63, 3.8) is 0 Å². The smallest absolute Gasteiger partial charge is 0.200 e. The van der Waals surface area contributed by atoms with E-state index in [0.717, 1.165) is 62.7 Å². The van der Waals surface area contributed by atoms with Crippen LogP contribution in [0.4, 0.5) is 8.78 Å². The van der Waals surface area contributed by atoms with Crippen LogP contribution in [0.15, 0.2) is 24.3 Å². The molecule has 1 nitrogen and oxygen atoms in total. The van der Waals surface area contributed by atoms with Crippen molar-refractivity contribution in [3.05, 3.63) is 41.5 Å². The maximum absolute atomic E-state index is 14.8. The summed E-state index contributed by atoms with van der Waals surface area (Å²) in [4.78, 5) is 0. The predicted molar refractivity (Wildman–Crippen MR) is 121 cm³/mol. The number of benzene rings is 1. The highest BCUT2D eigenvalue weighted by atomic mass is 19.2. The Labute approximate surface area is 182 Å². The molecular formula is C27H40F2O. The zero-order valence-electron chi connectivity index (χ0n) is 19.0. The predicted octanol–water partition coefficient (Wildman–Crippen LogP) is 8.58. The van der Waals surface area contributed by atoms with Crippen molar-refractivity contribution in [2.24, 2.45) is 17.8 Å². The molecular weight excluding hydrogens is 378 g/mol. The van der Waals surface area contributed by atoms with Gasteiger partial charge in [0.15, 0.2) is 11.6 Å². The molecule has 0 N–H and O–H groups in total. The van der Waals surface area contributed by atoms with Gasteiger partial charge in [0.25, 0.3) is 0 Å². The molecule has 0 saturated heterocycles. The standard InChI is InChI=1S/C27H40F2O/c1-3-5-7-19-30-25-18-17-24(26(28)27(25)29)23-15-13-22(14-16-23)21-11-9-20(10-12-21)8-6-4-2/h4,6,17-18,20-23H,3,5,7-16,19H2,1-2H3/b6-4-. The zero-order valence-corrected chi connectivity index (χ0v) is 19.0. The van der Waals surface area contributed by atoms with Crippen molar-refractivity contribution in [2.45, 2.75) is 96.8 Å². The van der Waals surface area contributed by atoms with Gasteiger partial charge in [-0.1, -0.05) is 38.0 Å². The molecule has 0 atom stereocenters. The van der Waals surface area contributed by atoms with Crippen LogP contribution in [0.25, 0.3) is 0 Å². The van der Waals surface area contributed by atoms with Crippen LogP contribution in [-0.4, -0.2) is 6.61 Å². The fourth-order valence-electron chi connectivity index (χ4n) is 5.63. The van der Waals surface area contributed by atoms with Gasteiger partial charge in [0.05, 0.1) is 6.61 Å². The molecule has 0 unspecified atom stereocenters. The molecule has 2 aliphatic rings. The quantitative estimate of drug-likeness (QED) is 0.288. The van der Waals surface area contributed by atoms with Crippen molar-refractivity contribution in [1.82, 2.24) is 0 Å². The molecule has 1 aromatic carbocycles. The van der Waals surface area contributed by atoms with Crippen LogP contribution >= 0.6 is 0 Å². The van der Waals surface area contributed by atoms with E-state index >= 15 is 0 Å². The van der Waals surface area contributed by atoms with Gasteiger partial charge in [-0.25, -0.2) is 4.39 Å². The normalized spacial score (nSPS) is 27.5. The molecule has 30 heavy (non-hydrogen) atoms. The van der Waals surface area contributed by atoms with Gasteiger partial charge in [-0.2, -0.15) is 4.39 Å². The van der Waals surface area contributed by atoms with Crippen LogP contribution in [0, 0.1) is 29.4 Å². The average molecular weight is 419 g/mol. The molecule has 168 valence electrons. The first-order valence-electron chi connectivity index (χ1n) is 12.4. The molecule has 1 aromatic rings. The van der Waals surface area contributed by atoms with E-state index in [-0.39, 0.29) is 11.7 Å². The average Bonchev–Trinajstić information content (AvgIpc) is 2.78. The number of unbranched alkanes of at least 4 members (excludes halogenated alkanes) is 2. The minimum Gasteiger partial charge on any atom is -0.490 e. The first-order valence-corrected chi connectivity index (χ1v) is 12.4. The number of allylic oxidation sites excluding steroid dienone is 2. The number of rotatable bonds is 9. The molecule has 0 radical (unpaired) electrons. The number of halogens is 2.